The smallest absolute Gasteiger partial charge is 0.333 e. The number of nitrogens with two attached hydrogens (primary N) is 1. The predicted octanol–water partition coefficient (Wildman–Crippen LogP) is 0.526. The van der Waals surface area contributed by atoms with E-state index in [0.717, 1.165) is 5.56 Å². The van der Waals surface area contributed by atoms with Crippen molar-refractivity contribution in [3.05, 3.63) is 74.8 Å². The number of hydrogen-bond acceptors (Lipinski definition) is 5. The van der Waals surface area contributed by atoms with Crippen LogP contribution < -0.4 is 16.9 Å². The second kappa shape index (κ2) is 6.13. The van der Waals surface area contributed by atoms with Gasteiger partial charge < -0.3 is 15.4 Å². The molecule has 2 heterocycles. The van der Waals surface area contributed by atoms with Gasteiger partial charge in [-0.1, -0.05) is 24.3 Å². The molecule has 0 bridgehead atoms. The van der Waals surface area contributed by atoms with E-state index in [1.54, 1.807) is 28.8 Å². The second-order valence-corrected chi connectivity index (χ2v) is 6.11. The Bertz CT molecular complexity index is 1300. The molecule has 0 fully saturated rings. The molecule has 4 aromatic rings. The molecule has 2 aromatic carbocycles. The van der Waals surface area contributed by atoms with Gasteiger partial charge in [0.05, 0.1) is 17.6 Å². The van der Waals surface area contributed by atoms with Crippen molar-refractivity contribution in [2.24, 2.45) is 0 Å². The second-order valence-electron chi connectivity index (χ2n) is 6.11. The monoisotopic (exact) mass is 365 g/mol. The van der Waals surface area contributed by atoms with Crippen molar-refractivity contribution in [3.8, 4) is 0 Å². The highest BCUT2D eigenvalue weighted by Gasteiger charge is 2.18. The van der Waals surface area contributed by atoms with Crippen LogP contribution in [0.2, 0.25) is 0 Å². The minimum absolute atomic E-state index is 0.193. The number of para-hydroxylation sites is 2. The van der Waals surface area contributed by atoms with E-state index in [2.05, 4.69) is 5.10 Å². The highest BCUT2D eigenvalue weighted by Crippen LogP contribution is 2.19. The Morgan fingerprint density at radius 1 is 1.00 bits per heavy atom. The highest BCUT2D eigenvalue weighted by molar-refractivity contribution is 5.80. The Kier molecular flexibility index (Phi) is 3.76. The number of hydrogen-bond donors (Lipinski definition) is 2. The molecule has 0 radical (unpaired) electrons. The quantitative estimate of drug-likeness (QED) is 0.401. The summed E-state index contributed by atoms with van der Waals surface area (Å²) in [4.78, 5) is 35.9. The van der Waals surface area contributed by atoms with E-state index in [1.807, 2.05) is 24.3 Å². The first-order chi connectivity index (χ1) is 13.0. The van der Waals surface area contributed by atoms with Crippen LogP contribution >= 0.6 is 0 Å². The predicted molar refractivity (Wildman–Crippen MR) is 98.8 cm³/mol. The molecule has 9 nitrogen and oxygen atoms in total. The number of nitrogen functional groups attached to an aromatic ring is 1. The fourth-order valence-corrected chi connectivity index (χ4v) is 3.07. The first kappa shape index (κ1) is 16.6. The Labute approximate surface area is 151 Å². The van der Waals surface area contributed by atoms with Gasteiger partial charge in [0.25, 0.3) is 0 Å². The Morgan fingerprint density at radius 3 is 2.33 bits per heavy atom. The van der Waals surface area contributed by atoms with E-state index >= 15 is 0 Å². The van der Waals surface area contributed by atoms with Crippen LogP contribution in [0.4, 0.5) is 5.69 Å². The maximum absolute atomic E-state index is 12.6. The summed E-state index contributed by atoms with van der Waals surface area (Å²) in [5, 5.41) is 13.1. The van der Waals surface area contributed by atoms with E-state index in [9.17, 15) is 14.4 Å². The molecule has 0 atom stereocenters. The third-order valence-electron chi connectivity index (χ3n) is 4.29. The van der Waals surface area contributed by atoms with Crippen molar-refractivity contribution in [1.82, 2.24) is 18.7 Å². The maximum Gasteiger partial charge on any atom is 0.333 e. The summed E-state index contributed by atoms with van der Waals surface area (Å²) in [6, 6.07) is 14.3. The third kappa shape index (κ3) is 2.74. The molecule has 27 heavy (non-hydrogen) atoms. The van der Waals surface area contributed by atoms with Crippen LogP contribution in [-0.2, 0) is 17.9 Å². The van der Waals surface area contributed by atoms with Gasteiger partial charge in [-0.25, -0.2) is 9.08 Å². The number of anilines is 1. The third-order valence-corrected chi connectivity index (χ3v) is 4.29. The summed E-state index contributed by atoms with van der Waals surface area (Å²) < 4.78 is 3.66. The molecule has 3 N–H and O–H groups in total. The van der Waals surface area contributed by atoms with Gasteiger partial charge in [-0.15, -0.1) is 5.10 Å². The van der Waals surface area contributed by atoms with Gasteiger partial charge in [-0.3, -0.25) is 14.4 Å². The SMILES string of the molecule is Nc1ccc(Cn2c3ccccc3n3c(=O)c(=O)n(CC(=O)O)nc23)cc1. The van der Waals surface area contributed by atoms with Crippen LogP contribution in [-0.4, -0.2) is 29.8 Å². The van der Waals surface area contributed by atoms with Crippen LogP contribution in [0.25, 0.3) is 16.8 Å². The number of carboxylic acids is 1. The summed E-state index contributed by atoms with van der Waals surface area (Å²) in [6.07, 6.45) is 0. The summed E-state index contributed by atoms with van der Waals surface area (Å²) in [7, 11) is 0. The Morgan fingerprint density at radius 2 is 1.67 bits per heavy atom. The number of rotatable bonds is 4. The van der Waals surface area contributed by atoms with Gasteiger partial charge in [-0.05, 0) is 29.8 Å². The zero-order chi connectivity index (χ0) is 19.1. The number of benzene rings is 2. The van der Waals surface area contributed by atoms with Crippen molar-refractivity contribution in [2.45, 2.75) is 13.1 Å². The molecule has 0 saturated heterocycles. The van der Waals surface area contributed by atoms with Gasteiger partial charge in [0.2, 0.25) is 5.78 Å². The maximum atomic E-state index is 12.6. The Balaban J connectivity index is 2.04. The lowest BCUT2D eigenvalue weighted by Gasteiger charge is -2.07. The van der Waals surface area contributed by atoms with E-state index in [4.69, 9.17) is 10.8 Å². The summed E-state index contributed by atoms with van der Waals surface area (Å²) >= 11 is 0. The molecule has 0 amide bonds. The van der Waals surface area contributed by atoms with Gasteiger partial charge >= 0.3 is 17.1 Å². The van der Waals surface area contributed by atoms with Gasteiger partial charge in [0, 0.05) is 5.69 Å². The first-order valence-electron chi connectivity index (χ1n) is 8.13. The lowest BCUT2D eigenvalue weighted by Crippen LogP contribution is -2.41. The van der Waals surface area contributed by atoms with E-state index in [1.165, 1.54) is 4.40 Å². The molecule has 4 rings (SSSR count). The molecule has 0 aliphatic rings. The van der Waals surface area contributed by atoms with E-state index in [-0.39, 0.29) is 5.78 Å². The molecule has 9 heteroatoms. The fraction of sp³-hybridized carbons (Fsp3) is 0.111. The Hall–Kier alpha value is -3.88. The van der Waals surface area contributed by atoms with Crippen LogP contribution in [0, 0.1) is 0 Å². The largest absolute Gasteiger partial charge is 0.480 e. The van der Waals surface area contributed by atoms with Gasteiger partial charge in [0.1, 0.15) is 6.54 Å². The first-order valence-corrected chi connectivity index (χ1v) is 8.13. The van der Waals surface area contributed by atoms with E-state index < -0.39 is 23.6 Å². The summed E-state index contributed by atoms with van der Waals surface area (Å²) in [5.41, 5.74) is 6.68. The number of fused-ring (bicyclic) bond motifs is 3. The standard InChI is InChI=1S/C18H15N5O4/c19-12-7-5-11(6-8-12)9-21-13-3-1-2-4-14(13)23-17(27)16(26)22(10-15(24)25)20-18(21)23/h1-8H,9-10,19H2,(H,24,25). The molecule has 0 unspecified atom stereocenters. The molecule has 2 aromatic heterocycles. The number of aliphatic carboxylic acids is 1. The zero-order valence-corrected chi connectivity index (χ0v) is 14.1. The van der Waals surface area contributed by atoms with Gasteiger partial charge in [0.15, 0.2) is 0 Å². The van der Waals surface area contributed by atoms with Crippen LogP contribution in [0.15, 0.2) is 58.1 Å². The summed E-state index contributed by atoms with van der Waals surface area (Å²) in [5.74, 6) is -1.06. The number of imidazole rings is 1. The van der Waals surface area contributed by atoms with Crippen molar-refractivity contribution < 1.29 is 9.90 Å². The average molecular weight is 365 g/mol. The molecule has 0 aliphatic heterocycles. The van der Waals surface area contributed by atoms with Crippen molar-refractivity contribution in [2.75, 3.05) is 5.73 Å². The lowest BCUT2D eigenvalue weighted by molar-refractivity contribution is -0.138. The molecular formula is C18H15N5O4. The topological polar surface area (TPSA) is 125 Å². The minimum Gasteiger partial charge on any atom is -0.480 e. The lowest BCUT2D eigenvalue weighted by atomic mass is 10.2. The van der Waals surface area contributed by atoms with Crippen LogP contribution in [0.5, 0.6) is 0 Å². The van der Waals surface area contributed by atoms with Crippen molar-refractivity contribution in [3.63, 3.8) is 0 Å². The number of nitrogens with zero attached hydrogens (tertiary/aromatic N) is 4. The molecular weight excluding hydrogens is 350 g/mol. The number of carbonyl (C=O) groups is 1. The molecule has 0 aliphatic carbocycles. The average Bonchev–Trinajstić information content (AvgIpc) is 2.95. The summed E-state index contributed by atoms with van der Waals surface area (Å²) in [6.45, 7) is -0.316. The highest BCUT2D eigenvalue weighted by atomic mass is 16.4. The minimum atomic E-state index is -1.26. The van der Waals surface area contributed by atoms with Gasteiger partial charge in [-0.2, -0.15) is 0 Å². The van der Waals surface area contributed by atoms with Crippen LogP contribution in [0.1, 0.15) is 5.56 Å². The zero-order valence-electron chi connectivity index (χ0n) is 14.1. The number of aromatic nitrogens is 4. The molecule has 0 saturated carbocycles. The van der Waals surface area contributed by atoms with Crippen LogP contribution in [0.3, 0.4) is 0 Å². The fourth-order valence-electron chi connectivity index (χ4n) is 3.07. The van der Waals surface area contributed by atoms with Crippen molar-refractivity contribution >= 4 is 28.5 Å². The molecule has 0 spiro atoms. The number of carboxylic acid groups (broad SMARTS) is 1. The molecule has 136 valence electrons. The normalized spacial score (nSPS) is 11.3. The van der Waals surface area contributed by atoms with Crippen molar-refractivity contribution in [1.29, 1.82) is 0 Å². The van der Waals surface area contributed by atoms with E-state index in [0.29, 0.717) is 27.9 Å².